The standard InChI is InChI=1S/C16H11BrN2O3S/c1-9-4-2-3-5-12(9)19-15(21)11(14(20)18-16(19)23)8-10-6-7-13(17)22-10/h2-8H,1H3,(H,18,20,23)/b11-8+. The molecule has 2 amide bonds. The molecule has 1 saturated heterocycles. The first kappa shape index (κ1) is 15.6. The number of aryl methyl sites for hydroxylation is 1. The minimum Gasteiger partial charge on any atom is -0.450 e. The summed E-state index contributed by atoms with van der Waals surface area (Å²) >= 11 is 8.34. The Morgan fingerprint density at radius 1 is 1.22 bits per heavy atom. The van der Waals surface area contributed by atoms with Crippen molar-refractivity contribution in [2.75, 3.05) is 4.90 Å². The van der Waals surface area contributed by atoms with Gasteiger partial charge in [-0.2, -0.15) is 0 Å². The van der Waals surface area contributed by atoms with Gasteiger partial charge in [-0.15, -0.1) is 0 Å². The molecule has 2 aromatic rings. The molecule has 0 atom stereocenters. The average Bonchev–Trinajstić information content (AvgIpc) is 2.91. The van der Waals surface area contributed by atoms with Gasteiger partial charge in [0, 0.05) is 0 Å². The van der Waals surface area contributed by atoms with Gasteiger partial charge >= 0.3 is 0 Å². The molecule has 7 heteroatoms. The zero-order valence-corrected chi connectivity index (χ0v) is 14.4. The summed E-state index contributed by atoms with van der Waals surface area (Å²) < 4.78 is 5.84. The summed E-state index contributed by atoms with van der Waals surface area (Å²) in [5.41, 5.74) is 1.47. The highest BCUT2D eigenvalue weighted by molar-refractivity contribution is 9.10. The van der Waals surface area contributed by atoms with E-state index >= 15 is 0 Å². The number of thiocarbonyl (C=S) groups is 1. The van der Waals surface area contributed by atoms with Crippen molar-refractivity contribution >= 4 is 56.8 Å². The van der Waals surface area contributed by atoms with E-state index in [-0.39, 0.29) is 10.7 Å². The van der Waals surface area contributed by atoms with E-state index in [1.807, 2.05) is 25.1 Å². The minimum atomic E-state index is -0.544. The maximum Gasteiger partial charge on any atom is 0.270 e. The second-order valence-corrected chi connectivity index (χ2v) is 6.05. The topological polar surface area (TPSA) is 62.6 Å². The van der Waals surface area contributed by atoms with E-state index < -0.39 is 11.8 Å². The molecule has 0 saturated carbocycles. The van der Waals surface area contributed by atoms with Crippen LogP contribution in [-0.4, -0.2) is 16.9 Å². The van der Waals surface area contributed by atoms with Gasteiger partial charge in [0.25, 0.3) is 11.8 Å². The Morgan fingerprint density at radius 2 is 1.96 bits per heavy atom. The summed E-state index contributed by atoms with van der Waals surface area (Å²) in [6.07, 6.45) is 1.40. The van der Waals surface area contributed by atoms with Crippen molar-refractivity contribution in [1.82, 2.24) is 5.32 Å². The zero-order chi connectivity index (χ0) is 16.6. The number of nitrogens with zero attached hydrogens (tertiary/aromatic N) is 1. The number of amides is 2. The van der Waals surface area contributed by atoms with Crippen molar-refractivity contribution in [2.24, 2.45) is 0 Å². The van der Waals surface area contributed by atoms with Crippen LogP contribution in [0.2, 0.25) is 0 Å². The van der Waals surface area contributed by atoms with Crippen LogP contribution in [-0.2, 0) is 9.59 Å². The van der Waals surface area contributed by atoms with Crippen LogP contribution in [0.1, 0.15) is 11.3 Å². The number of halogens is 1. The smallest absolute Gasteiger partial charge is 0.270 e. The summed E-state index contributed by atoms with van der Waals surface area (Å²) in [6, 6.07) is 10.7. The van der Waals surface area contributed by atoms with Crippen molar-refractivity contribution in [3.05, 3.63) is 58.0 Å². The minimum absolute atomic E-state index is 0.0382. The van der Waals surface area contributed by atoms with Crippen molar-refractivity contribution in [3.63, 3.8) is 0 Å². The summed E-state index contributed by atoms with van der Waals surface area (Å²) in [7, 11) is 0. The lowest BCUT2D eigenvalue weighted by Crippen LogP contribution is -2.54. The van der Waals surface area contributed by atoms with Crippen LogP contribution in [0.15, 0.2) is 51.1 Å². The molecule has 0 spiro atoms. The number of hydrogen-bond acceptors (Lipinski definition) is 4. The Balaban J connectivity index is 2.04. The van der Waals surface area contributed by atoms with Crippen molar-refractivity contribution < 1.29 is 14.0 Å². The van der Waals surface area contributed by atoms with Crippen LogP contribution in [0.25, 0.3) is 6.08 Å². The van der Waals surface area contributed by atoms with Gasteiger partial charge in [-0.05, 0) is 64.9 Å². The molecule has 23 heavy (non-hydrogen) atoms. The number of furan rings is 1. The lowest BCUT2D eigenvalue weighted by atomic mass is 10.1. The number of nitrogens with one attached hydrogen (secondary N) is 1. The molecular formula is C16H11BrN2O3S. The summed E-state index contributed by atoms with van der Waals surface area (Å²) in [4.78, 5) is 26.2. The highest BCUT2D eigenvalue weighted by Gasteiger charge is 2.35. The van der Waals surface area contributed by atoms with E-state index in [0.717, 1.165) is 5.56 Å². The fourth-order valence-electron chi connectivity index (χ4n) is 2.24. The number of rotatable bonds is 2. The Morgan fingerprint density at radius 3 is 2.61 bits per heavy atom. The third-order valence-electron chi connectivity index (χ3n) is 3.34. The summed E-state index contributed by atoms with van der Waals surface area (Å²) in [6.45, 7) is 1.87. The predicted molar refractivity (Wildman–Crippen MR) is 93.8 cm³/mol. The van der Waals surface area contributed by atoms with Crippen molar-refractivity contribution in [3.8, 4) is 0 Å². The quantitative estimate of drug-likeness (QED) is 0.485. The lowest BCUT2D eigenvalue weighted by Gasteiger charge is -2.29. The van der Waals surface area contributed by atoms with Gasteiger partial charge in [0.2, 0.25) is 0 Å². The fraction of sp³-hybridized carbons (Fsp3) is 0.0625. The van der Waals surface area contributed by atoms with E-state index in [9.17, 15) is 9.59 Å². The summed E-state index contributed by atoms with van der Waals surface area (Å²) in [5.74, 6) is -0.633. The molecule has 2 heterocycles. The van der Waals surface area contributed by atoms with Crippen LogP contribution < -0.4 is 10.2 Å². The molecular weight excluding hydrogens is 380 g/mol. The Labute approximate surface area is 146 Å². The molecule has 1 N–H and O–H groups in total. The van der Waals surface area contributed by atoms with Gasteiger partial charge in [-0.25, -0.2) is 0 Å². The van der Waals surface area contributed by atoms with Gasteiger partial charge in [0.05, 0.1) is 5.69 Å². The monoisotopic (exact) mass is 390 g/mol. The second kappa shape index (κ2) is 6.10. The van der Waals surface area contributed by atoms with Gasteiger partial charge in [0.1, 0.15) is 11.3 Å². The van der Waals surface area contributed by atoms with Gasteiger partial charge < -0.3 is 4.42 Å². The zero-order valence-electron chi connectivity index (χ0n) is 12.0. The fourth-order valence-corrected chi connectivity index (χ4v) is 2.83. The molecule has 1 aromatic heterocycles. The van der Waals surface area contributed by atoms with Crippen LogP contribution in [0, 0.1) is 6.92 Å². The maximum absolute atomic E-state index is 12.8. The van der Waals surface area contributed by atoms with Gasteiger partial charge in [0.15, 0.2) is 9.78 Å². The number of para-hydroxylation sites is 1. The number of hydrogen-bond donors (Lipinski definition) is 1. The molecule has 1 aliphatic heterocycles. The highest BCUT2D eigenvalue weighted by atomic mass is 79.9. The molecule has 1 fully saturated rings. The lowest BCUT2D eigenvalue weighted by molar-refractivity contribution is -0.122. The molecule has 0 unspecified atom stereocenters. The van der Waals surface area contributed by atoms with Gasteiger partial charge in [-0.3, -0.25) is 19.8 Å². The first-order valence-electron chi connectivity index (χ1n) is 6.70. The molecule has 0 radical (unpaired) electrons. The Bertz CT molecular complexity index is 857. The van der Waals surface area contributed by atoms with E-state index in [1.165, 1.54) is 11.0 Å². The average molecular weight is 391 g/mol. The largest absolute Gasteiger partial charge is 0.450 e. The number of anilines is 1. The third-order valence-corrected chi connectivity index (χ3v) is 4.05. The van der Waals surface area contributed by atoms with E-state index in [4.69, 9.17) is 16.6 Å². The molecule has 116 valence electrons. The van der Waals surface area contributed by atoms with Crippen LogP contribution >= 0.6 is 28.1 Å². The van der Waals surface area contributed by atoms with Crippen LogP contribution in [0.3, 0.4) is 0 Å². The first-order valence-corrected chi connectivity index (χ1v) is 7.90. The Hall–Kier alpha value is -2.25. The van der Waals surface area contributed by atoms with E-state index in [1.54, 1.807) is 18.2 Å². The molecule has 3 rings (SSSR count). The molecule has 1 aromatic carbocycles. The summed E-state index contributed by atoms with van der Waals surface area (Å²) in [5, 5.41) is 2.60. The normalized spacial score (nSPS) is 16.9. The maximum atomic E-state index is 12.8. The number of carbonyl (C=O) groups excluding carboxylic acids is 2. The van der Waals surface area contributed by atoms with Crippen molar-refractivity contribution in [2.45, 2.75) is 6.92 Å². The Kier molecular flexibility index (Phi) is 4.14. The highest BCUT2D eigenvalue weighted by Crippen LogP contribution is 2.25. The molecule has 0 aliphatic carbocycles. The van der Waals surface area contributed by atoms with E-state index in [2.05, 4.69) is 21.2 Å². The van der Waals surface area contributed by atoms with Crippen molar-refractivity contribution in [1.29, 1.82) is 0 Å². The predicted octanol–water partition coefficient (Wildman–Crippen LogP) is 3.18. The molecule has 1 aliphatic rings. The van der Waals surface area contributed by atoms with E-state index in [0.29, 0.717) is 16.1 Å². The molecule has 0 bridgehead atoms. The van der Waals surface area contributed by atoms with Crippen LogP contribution in [0.4, 0.5) is 5.69 Å². The third kappa shape index (κ3) is 2.97. The first-order chi connectivity index (χ1) is 11.0. The number of benzene rings is 1. The van der Waals surface area contributed by atoms with Crippen LogP contribution in [0.5, 0.6) is 0 Å². The SMILES string of the molecule is Cc1ccccc1N1C(=O)/C(=C/c2ccc(Br)o2)C(=O)NC1=S. The number of carbonyl (C=O) groups is 2. The van der Waals surface area contributed by atoms with Gasteiger partial charge in [-0.1, -0.05) is 18.2 Å². The second-order valence-electron chi connectivity index (χ2n) is 4.89. The molecule has 5 nitrogen and oxygen atoms in total.